The minimum atomic E-state index is -0.547. The molecule has 4 aliphatic carbocycles. The van der Waals surface area contributed by atoms with E-state index in [4.69, 9.17) is 5.26 Å². The maximum atomic E-state index is 13.4. The molecule has 4 saturated carbocycles. The molecule has 0 heterocycles. The Hall–Kier alpha value is -2.35. The zero-order valence-corrected chi connectivity index (χ0v) is 17.4. The summed E-state index contributed by atoms with van der Waals surface area (Å²) in [4.78, 5) is 26.3. The molecule has 2 N–H and O–H groups in total. The lowest BCUT2D eigenvalue weighted by atomic mass is 9.49. The summed E-state index contributed by atoms with van der Waals surface area (Å²) >= 11 is 0. The van der Waals surface area contributed by atoms with Gasteiger partial charge < -0.3 is 10.6 Å². The van der Waals surface area contributed by atoms with E-state index in [0.29, 0.717) is 29.9 Å². The van der Waals surface area contributed by atoms with Crippen molar-refractivity contribution < 1.29 is 9.59 Å². The van der Waals surface area contributed by atoms with E-state index in [1.165, 1.54) is 19.3 Å². The van der Waals surface area contributed by atoms with Crippen LogP contribution in [0, 0.1) is 40.4 Å². The number of carbonyl (C=O) groups excluding carboxylic acids is 2. The summed E-state index contributed by atoms with van der Waals surface area (Å²) < 4.78 is 0. The van der Waals surface area contributed by atoms with Crippen LogP contribution in [0.25, 0.3) is 0 Å². The fraction of sp³-hybridized carbons (Fsp3) is 0.625. The number of hydrogen-bond acceptors (Lipinski definition) is 3. The van der Waals surface area contributed by atoms with E-state index in [1.54, 1.807) is 0 Å². The zero-order valence-electron chi connectivity index (χ0n) is 17.4. The number of hydrogen-bond donors (Lipinski definition) is 2. The number of nitrogens with one attached hydrogen (secondary N) is 2. The van der Waals surface area contributed by atoms with Crippen molar-refractivity contribution in [2.75, 3.05) is 5.32 Å². The van der Waals surface area contributed by atoms with E-state index < -0.39 is 6.04 Å². The van der Waals surface area contributed by atoms with Crippen LogP contribution >= 0.6 is 0 Å². The van der Waals surface area contributed by atoms with E-state index >= 15 is 0 Å². The quantitative estimate of drug-likeness (QED) is 0.765. The molecule has 0 spiro atoms. The molecular weight excluding hydrogens is 362 g/mol. The fourth-order valence-electron chi connectivity index (χ4n) is 6.24. The maximum Gasteiger partial charge on any atom is 0.247 e. The Morgan fingerprint density at radius 2 is 1.62 bits per heavy atom. The normalized spacial score (nSPS) is 30.6. The van der Waals surface area contributed by atoms with Gasteiger partial charge in [-0.15, -0.1) is 0 Å². The lowest BCUT2D eigenvalue weighted by Crippen LogP contribution is -2.57. The van der Waals surface area contributed by atoms with Crippen molar-refractivity contribution in [3.05, 3.63) is 29.8 Å². The van der Waals surface area contributed by atoms with Gasteiger partial charge in [0, 0.05) is 11.1 Å². The fourth-order valence-corrected chi connectivity index (χ4v) is 6.24. The molecule has 0 saturated heterocycles. The number of nitrogens with zero attached hydrogens (tertiary/aromatic N) is 1. The van der Waals surface area contributed by atoms with Crippen LogP contribution in [0.4, 0.5) is 5.69 Å². The first-order valence-electron chi connectivity index (χ1n) is 11.0. The van der Waals surface area contributed by atoms with Crippen molar-refractivity contribution in [2.45, 2.75) is 64.8 Å². The highest BCUT2D eigenvalue weighted by Crippen LogP contribution is 2.60. The molecule has 5 heteroatoms. The number of amides is 2. The Bertz CT molecular complexity index is 786. The van der Waals surface area contributed by atoms with Crippen LogP contribution in [0.3, 0.4) is 0 Å². The molecular formula is C24H31N3O2. The van der Waals surface area contributed by atoms with Crippen molar-refractivity contribution in [2.24, 2.45) is 29.1 Å². The lowest BCUT2D eigenvalue weighted by Gasteiger charge is -2.55. The van der Waals surface area contributed by atoms with Crippen LogP contribution in [0.5, 0.6) is 0 Å². The highest BCUT2D eigenvalue weighted by atomic mass is 16.2. The number of carbonyl (C=O) groups is 2. The summed E-state index contributed by atoms with van der Waals surface area (Å²) in [5, 5.41) is 14.8. The van der Waals surface area contributed by atoms with Gasteiger partial charge in [0.1, 0.15) is 6.04 Å². The smallest absolute Gasteiger partial charge is 0.247 e. The van der Waals surface area contributed by atoms with Crippen molar-refractivity contribution in [3.63, 3.8) is 0 Å². The third-order valence-electron chi connectivity index (χ3n) is 7.26. The van der Waals surface area contributed by atoms with Crippen LogP contribution in [0.2, 0.25) is 0 Å². The van der Waals surface area contributed by atoms with E-state index in [-0.39, 0.29) is 23.1 Å². The van der Waals surface area contributed by atoms with Crippen molar-refractivity contribution >= 4 is 17.5 Å². The van der Waals surface area contributed by atoms with Gasteiger partial charge in [-0.1, -0.05) is 26.0 Å². The predicted molar refractivity (Wildman–Crippen MR) is 112 cm³/mol. The van der Waals surface area contributed by atoms with Gasteiger partial charge in [-0.2, -0.15) is 5.26 Å². The predicted octanol–water partition coefficient (Wildman–Crippen LogP) is 4.05. The van der Waals surface area contributed by atoms with Gasteiger partial charge in [-0.3, -0.25) is 9.59 Å². The van der Waals surface area contributed by atoms with Gasteiger partial charge in [0.05, 0.1) is 12.5 Å². The summed E-state index contributed by atoms with van der Waals surface area (Å²) in [7, 11) is 0. The topological polar surface area (TPSA) is 82.0 Å². The first-order valence-corrected chi connectivity index (χ1v) is 11.0. The third-order valence-corrected chi connectivity index (χ3v) is 7.26. The van der Waals surface area contributed by atoms with Gasteiger partial charge >= 0.3 is 0 Å². The van der Waals surface area contributed by atoms with Gasteiger partial charge in [-0.25, -0.2) is 0 Å². The van der Waals surface area contributed by atoms with Crippen LogP contribution in [-0.4, -0.2) is 17.9 Å². The van der Waals surface area contributed by atoms with Crippen LogP contribution in [0.15, 0.2) is 24.3 Å². The molecule has 0 aliphatic heterocycles. The molecule has 5 nitrogen and oxygen atoms in total. The second kappa shape index (κ2) is 7.82. The molecule has 0 unspecified atom stereocenters. The van der Waals surface area contributed by atoms with E-state index in [2.05, 4.69) is 16.7 Å². The molecule has 1 aromatic carbocycles. The van der Waals surface area contributed by atoms with Crippen LogP contribution in [-0.2, 0) is 16.0 Å². The monoisotopic (exact) mass is 393 g/mol. The van der Waals surface area contributed by atoms with Gasteiger partial charge in [0.25, 0.3) is 0 Å². The van der Waals surface area contributed by atoms with Crippen molar-refractivity contribution in [1.29, 1.82) is 5.26 Å². The highest BCUT2D eigenvalue weighted by Gasteiger charge is 2.55. The van der Waals surface area contributed by atoms with Crippen LogP contribution < -0.4 is 10.6 Å². The first kappa shape index (κ1) is 19.9. The summed E-state index contributed by atoms with van der Waals surface area (Å²) in [6.45, 7) is 3.94. The Balaban J connectivity index is 1.43. The third kappa shape index (κ3) is 4.03. The summed E-state index contributed by atoms with van der Waals surface area (Å²) in [5.74, 6) is 2.02. The Kier molecular flexibility index (Phi) is 5.38. The molecule has 4 fully saturated rings. The van der Waals surface area contributed by atoms with E-state index in [0.717, 1.165) is 24.8 Å². The van der Waals surface area contributed by atoms with E-state index in [9.17, 15) is 9.59 Å². The molecule has 154 valence electrons. The molecule has 0 aromatic heterocycles. The number of rotatable bonds is 6. The summed E-state index contributed by atoms with van der Waals surface area (Å²) in [6.07, 6.45) is 7.23. The number of nitriles is 1. The number of anilines is 1. The minimum absolute atomic E-state index is 0.00530. The van der Waals surface area contributed by atoms with Gasteiger partial charge in [-0.05, 0) is 79.9 Å². The molecule has 1 aromatic rings. The Morgan fingerprint density at radius 1 is 1.07 bits per heavy atom. The second-order valence-electron chi connectivity index (χ2n) is 9.91. The standard InChI is InChI=1S/C24H31N3O2/c1-15(2)21(22(28)26-20-5-3-16(4-6-20)7-8-25)27-23(29)24-12-17-9-18(13-24)11-19(10-17)14-24/h3-6,15,17-19,21H,7,9-14H2,1-2H3,(H,26,28)(H,27,29)/t17?,18?,19?,21-,24?/m0/s1. The number of benzene rings is 1. The average molecular weight is 394 g/mol. The molecule has 2 amide bonds. The molecule has 29 heavy (non-hydrogen) atoms. The maximum absolute atomic E-state index is 13.4. The van der Waals surface area contributed by atoms with Gasteiger partial charge in [0.15, 0.2) is 0 Å². The molecule has 1 atom stereocenters. The molecule has 5 rings (SSSR count). The SMILES string of the molecule is CC(C)[C@H](NC(=O)C12CC3CC(CC(C3)C1)C2)C(=O)Nc1ccc(CC#N)cc1. The Morgan fingerprint density at radius 3 is 2.10 bits per heavy atom. The first-order chi connectivity index (χ1) is 13.9. The summed E-state index contributed by atoms with van der Waals surface area (Å²) in [5.41, 5.74) is 1.36. The zero-order chi connectivity index (χ0) is 20.6. The molecule has 0 radical (unpaired) electrons. The Labute approximate surface area is 173 Å². The summed E-state index contributed by atoms with van der Waals surface area (Å²) in [6, 6.07) is 8.88. The second-order valence-corrected chi connectivity index (χ2v) is 9.91. The van der Waals surface area contributed by atoms with Crippen molar-refractivity contribution in [3.8, 4) is 6.07 Å². The lowest BCUT2D eigenvalue weighted by molar-refractivity contribution is -0.148. The molecule has 4 aliphatic rings. The molecule has 4 bridgehead atoms. The van der Waals surface area contributed by atoms with Crippen LogP contribution in [0.1, 0.15) is 57.9 Å². The average Bonchev–Trinajstić information content (AvgIpc) is 2.66. The largest absolute Gasteiger partial charge is 0.344 e. The minimum Gasteiger partial charge on any atom is -0.344 e. The van der Waals surface area contributed by atoms with Crippen molar-refractivity contribution in [1.82, 2.24) is 5.32 Å². The van der Waals surface area contributed by atoms with Gasteiger partial charge in [0.2, 0.25) is 11.8 Å². The highest BCUT2D eigenvalue weighted by molar-refractivity contribution is 5.98. The van der Waals surface area contributed by atoms with E-state index in [1.807, 2.05) is 38.1 Å².